The maximum Gasteiger partial charge on any atom is 0.243 e. The fraction of sp³-hybridized carbons (Fsp3) is 0.304. The molecule has 2 heterocycles. The zero-order valence-electron chi connectivity index (χ0n) is 18.2. The van der Waals surface area contributed by atoms with Gasteiger partial charge in [0.05, 0.1) is 37.3 Å². The lowest BCUT2D eigenvalue weighted by molar-refractivity contribution is -0.120. The first-order valence-electron chi connectivity index (χ1n) is 10.5. The number of hydrogen-bond donors (Lipinski definition) is 1. The predicted octanol–water partition coefficient (Wildman–Crippen LogP) is 2.70. The second-order valence-corrected chi connectivity index (χ2v) is 10.2. The van der Waals surface area contributed by atoms with E-state index in [1.807, 2.05) is 29.6 Å². The number of morpholine rings is 1. The van der Waals surface area contributed by atoms with Gasteiger partial charge in [0.25, 0.3) is 0 Å². The van der Waals surface area contributed by atoms with E-state index in [-0.39, 0.29) is 23.8 Å². The van der Waals surface area contributed by atoms with Gasteiger partial charge in [-0.1, -0.05) is 18.2 Å². The lowest BCUT2D eigenvalue weighted by atomic mass is 10.2. The highest BCUT2D eigenvalue weighted by Gasteiger charge is 2.28. The van der Waals surface area contributed by atoms with E-state index >= 15 is 0 Å². The van der Waals surface area contributed by atoms with Gasteiger partial charge in [0.2, 0.25) is 15.9 Å². The first-order valence-corrected chi connectivity index (χ1v) is 12.8. The fourth-order valence-electron chi connectivity index (χ4n) is 3.50. The summed E-state index contributed by atoms with van der Waals surface area (Å²) >= 11 is 1.47. The van der Waals surface area contributed by atoms with Crippen molar-refractivity contribution in [3.63, 3.8) is 0 Å². The Labute approximate surface area is 197 Å². The Morgan fingerprint density at radius 2 is 1.88 bits per heavy atom. The first kappa shape index (κ1) is 23.4. The third-order valence-electron chi connectivity index (χ3n) is 5.27. The number of nitrogens with one attached hydrogen (secondary N) is 1. The summed E-state index contributed by atoms with van der Waals surface area (Å²) < 4.78 is 38.0. The van der Waals surface area contributed by atoms with Crippen molar-refractivity contribution in [2.75, 3.05) is 33.4 Å². The molecule has 174 valence electrons. The van der Waals surface area contributed by atoms with Gasteiger partial charge in [-0.15, -0.1) is 11.3 Å². The van der Waals surface area contributed by atoms with E-state index in [4.69, 9.17) is 9.47 Å². The summed E-state index contributed by atoms with van der Waals surface area (Å²) in [5.41, 5.74) is 2.17. The molecule has 0 aliphatic carbocycles. The Morgan fingerprint density at radius 1 is 1.15 bits per heavy atom. The molecule has 0 radical (unpaired) electrons. The van der Waals surface area contributed by atoms with Crippen LogP contribution in [0.1, 0.15) is 11.3 Å². The van der Waals surface area contributed by atoms with E-state index < -0.39 is 10.0 Å². The van der Waals surface area contributed by atoms with Crippen molar-refractivity contribution in [1.29, 1.82) is 0 Å². The number of hydrogen-bond acceptors (Lipinski definition) is 7. The lowest BCUT2D eigenvalue weighted by Crippen LogP contribution is -2.41. The van der Waals surface area contributed by atoms with Crippen LogP contribution < -0.4 is 10.1 Å². The van der Waals surface area contributed by atoms with Gasteiger partial charge in [-0.2, -0.15) is 4.31 Å². The molecule has 10 heteroatoms. The molecule has 1 aromatic heterocycles. The number of sulfonamides is 1. The largest absolute Gasteiger partial charge is 0.497 e. The van der Waals surface area contributed by atoms with Crippen molar-refractivity contribution in [1.82, 2.24) is 14.6 Å². The number of carbonyl (C=O) groups excluding carboxylic acids is 1. The molecule has 0 spiro atoms. The van der Waals surface area contributed by atoms with Crippen LogP contribution in [0.2, 0.25) is 0 Å². The molecule has 1 saturated heterocycles. The fourth-order valence-corrected chi connectivity index (χ4v) is 5.96. The number of ether oxygens (including phenoxy) is 2. The molecule has 0 unspecified atom stereocenters. The SMILES string of the molecule is COc1ccc(-c2nc(CC(=O)NCc3ccccc3S(=O)(=O)N3CCOCC3)cs2)cc1. The summed E-state index contributed by atoms with van der Waals surface area (Å²) in [5, 5.41) is 5.51. The highest BCUT2D eigenvalue weighted by Crippen LogP contribution is 2.26. The Bertz CT molecular complexity index is 1200. The highest BCUT2D eigenvalue weighted by atomic mass is 32.2. The topological polar surface area (TPSA) is 97.8 Å². The van der Waals surface area contributed by atoms with Gasteiger partial charge in [-0.05, 0) is 35.9 Å². The van der Waals surface area contributed by atoms with E-state index in [0.717, 1.165) is 16.3 Å². The van der Waals surface area contributed by atoms with Crippen LogP contribution in [0.4, 0.5) is 0 Å². The second-order valence-electron chi connectivity index (χ2n) is 7.45. The van der Waals surface area contributed by atoms with E-state index in [2.05, 4.69) is 10.3 Å². The van der Waals surface area contributed by atoms with E-state index in [0.29, 0.717) is 37.6 Å². The van der Waals surface area contributed by atoms with E-state index in [1.165, 1.54) is 15.6 Å². The molecule has 8 nitrogen and oxygen atoms in total. The Morgan fingerprint density at radius 3 is 2.61 bits per heavy atom. The second kappa shape index (κ2) is 10.4. The van der Waals surface area contributed by atoms with Crippen molar-refractivity contribution in [3.05, 3.63) is 65.2 Å². The Kier molecular flexibility index (Phi) is 7.39. The molecule has 1 aliphatic heterocycles. The molecule has 1 aliphatic rings. The lowest BCUT2D eigenvalue weighted by Gasteiger charge is -2.27. The van der Waals surface area contributed by atoms with Gasteiger partial charge in [-0.25, -0.2) is 13.4 Å². The third kappa shape index (κ3) is 5.59. The molecule has 1 fully saturated rings. The van der Waals surface area contributed by atoms with E-state index in [1.54, 1.807) is 31.4 Å². The molecule has 4 rings (SSSR count). The molecular formula is C23H25N3O5S2. The van der Waals surface area contributed by atoms with Gasteiger partial charge in [0.15, 0.2) is 0 Å². The molecule has 0 bridgehead atoms. The summed E-state index contributed by atoms with van der Waals surface area (Å²) in [6, 6.07) is 14.3. The van der Waals surface area contributed by atoms with Gasteiger partial charge < -0.3 is 14.8 Å². The van der Waals surface area contributed by atoms with Crippen LogP contribution in [0.15, 0.2) is 58.8 Å². The molecule has 0 saturated carbocycles. The maximum absolute atomic E-state index is 13.1. The predicted molar refractivity (Wildman–Crippen MR) is 126 cm³/mol. The average Bonchev–Trinajstić information content (AvgIpc) is 3.32. The summed E-state index contributed by atoms with van der Waals surface area (Å²) in [7, 11) is -2.03. The van der Waals surface area contributed by atoms with Gasteiger partial charge >= 0.3 is 0 Å². The number of rotatable bonds is 8. The Balaban J connectivity index is 1.39. The number of nitrogens with zero attached hydrogens (tertiary/aromatic N) is 2. The van der Waals surface area contributed by atoms with E-state index in [9.17, 15) is 13.2 Å². The molecule has 0 atom stereocenters. The quantitative estimate of drug-likeness (QED) is 0.525. The number of methoxy groups -OCH3 is 1. The number of carbonyl (C=O) groups is 1. The molecule has 1 N–H and O–H groups in total. The van der Waals surface area contributed by atoms with Crippen LogP contribution in [0, 0.1) is 0 Å². The molecule has 3 aromatic rings. The molecule has 1 amide bonds. The van der Waals surface area contributed by atoms with Crippen LogP contribution in [0.5, 0.6) is 5.75 Å². The van der Waals surface area contributed by atoms with Gasteiger partial charge in [0.1, 0.15) is 10.8 Å². The monoisotopic (exact) mass is 487 g/mol. The van der Waals surface area contributed by atoms with Crippen LogP contribution >= 0.6 is 11.3 Å². The highest BCUT2D eigenvalue weighted by molar-refractivity contribution is 7.89. The van der Waals surface area contributed by atoms with Crippen LogP contribution in [0.25, 0.3) is 10.6 Å². The smallest absolute Gasteiger partial charge is 0.243 e. The van der Waals surface area contributed by atoms with Crippen molar-refractivity contribution >= 4 is 27.3 Å². The number of benzene rings is 2. The molecule has 33 heavy (non-hydrogen) atoms. The minimum Gasteiger partial charge on any atom is -0.497 e. The average molecular weight is 488 g/mol. The number of thiazole rings is 1. The third-order valence-corrected chi connectivity index (χ3v) is 8.21. The van der Waals surface area contributed by atoms with Crippen LogP contribution in [-0.2, 0) is 32.5 Å². The van der Waals surface area contributed by atoms with Crippen molar-refractivity contribution in [2.24, 2.45) is 0 Å². The summed E-state index contributed by atoms with van der Waals surface area (Å²) in [4.78, 5) is 17.3. The van der Waals surface area contributed by atoms with Gasteiger partial charge in [0, 0.05) is 30.6 Å². The van der Waals surface area contributed by atoms with Crippen molar-refractivity contribution < 1.29 is 22.7 Å². The van der Waals surface area contributed by atoms with Crippen molar-refractivity contribution in [3.8, 4) is 16.3 Å². The standard InChI is InChI=1S/C23H25N3O5S2/c1-30-20-8-6-17(7-9-20)23-25-19(16-32-23)14-22(27)24-15-18-4-2-3-5-21(18)33(28,29)26-10-12-31-13-11-26/h2-9,16H,10-15H2,1H3,(H,24,27). The molecule has 2 aromatic carbocycles. The van der Waals surface area contributed by atoms with Crippen molar-refractivity contribution in [2.45, 2.75) is 17.9 Å². The maximum atomic E-state index is 13.1. The normalized spacial score (nSPS) is 14.7. The zero-order chi connectivity index (χ0) is 23.3. The van der Waals surface area contributed by atoms with Crippen LogP contribution in [-0.4, -0.2) is 57.0 Å². The van der Waals surface area contributed by atoms with Gasteiger partial charge in [-0.3, -0.25) is 4.79 Å². The summed E-state index contributed by atoms with van der Waals surface area (Å²) in [6.45, 7) is 1.52. The minimum atomic E-state index is -3.65. The minimum absolute atomic E-state index is 0.116. The number of aromatic nitrogens is 1. The molecular weight excluding hydrogens is 462 g/mol. The van der Waals surface area contributed by atoms with Crippen LogP contribution in [0.3, 0.4) is 0 Å². The summed E-state index contributed by atoms with van der Waals surface area (Å²) in [5.74, 6) is 0.547. The zero-order valence-corrected chi connectivity index (χ0v) is 19.8. The summed E-state index contributed by atoms with van der Waals surface area (Å²) in [6.07, 6.45) is 0.116. The number of amides is 1. The Hall–Kier alpha value is -2.79. The first-order chi connectivity index (χ1) is 16.0.